The SMILES string of the molecule is COCCN(CCCl)C(=O)c1ccc(I)cc1. The van der Waals surface area contributed by atoms with Gasteiger partial charge in [0, 0.05) is 35.2 Å². The van der Waals surface area contributed by atoms with E-state index in [0.717, 1.165) is 3.57 Å². The fourth-order valence-electron chi connectivity index (χ4n) is 1.39. The van der Waals surface area contributed by atoms with E-state index in [9.17, 15) is 4.79 Å². The smallest absolute Gasteiger partial charge is 0.253 e. The fourth-order valence-corrected chi connectivity index (χ4v) is 1.96. The standard InChI is InChI=1S/C12H15ClINO2/c1-17-9-8-15(7-6-13)12(16)10-2-4-11(14)5-3-10/h2-5H,6-9H2,1H3. The number of carbonyl (C=O) groups excluding carboxylic acids is 1. The van der Waals surface area contributed by atoms with Crippen LogP contribution in [0.4, 0.5) is 0 Å². The Morgan fingerprint density at radius 3 is 2.53 bits per heavy atom. The number of benzene rings is 1. The van der Waals surface area contributed by atoms with Gasteiger partial charge in [-0.05, 0) is 46.9 Å². The molecule has 0 aliphatic carbocycles. The summed E-state index contributed by atoms with van der Waals surface area (Å²) in [5.74, 6) is 0.430. The number of nitrogens with zero attached hydrogens (tertiary/aromatic N) is 1. The predicted octanol–water partition coefficient (Wildman–Crippen LogP) is 2.62. The van der Waals surface area contributed by atoms with Crippen LogP contribution in [0, 0.1) is 3.57 Å². The summed E-state index contributed by atoms with van der Waals surface area (Å²) in [5.41, 5.74) is 0.687. The number of amides is 1. The highest BCUT2D eigenvalue weighted by Gasteiger charge is 2.14. The lowest BCUT2D eigenvalue weighted by atomic mass is 10.2. The van der Waals surface area contributed by atoms with E-state index in [1.54, 1.807) is 12.0 Å². The molecular formula is C12H15ClINO2. The average molecular weight is 368 g/mol. The summed E-state index contributed by atoms with van der Waals surface area (Å²) in [6.07, 6.45) is 0. The van der Waals surface area contributed by atoms with Gasteiger partial charge in [0.05, 0.1) is 6.61 Å². The second-order valence-electron chi connectivity index (χ2n) is 3.48. The second kappa shape index (κ2) is 7.89. The van der Waals surface area contributed by atoms with Crippen LogP contribution in [0.2, 0.25) is 0 Å². The molecule has 0 N–H and O–H groups in total. The minimum Gasteiger partial charge on any atom is -0.383 e. The zero-order valence-corrected chi connectivity index (χ0v) is 12.6. The van der Waals surface area contributed by atoms with Crippen molar-refractivity contribution in [3.63, 3.8) is 0 Å². The number of ether oxygens (including phenoxy) is 1. The van der Waals surface area contributed by atoms with Crippen molar-refractivity contribution in [3.05, 3.63) is 33.4 Å². The minimum atomic E-state index is -0.000833. The Balaban J connectivity index is 2.72. The number of methoxy groups -OCH3 is 1. The van der Waals surface area contributed by atoms with Gasteiger partial charge in [0.1, 0.15) is 0 Å². The second-order valence-corrected chi connectivity index (χ2v) is 5.10. The van der Waals surface area contributed by atoms with Gasteiger partial charge in [-0.2, -0.15) is 0 Å². The molecule has 1 rings (SSSR count). The average Bonchev–Trinajstić information content (AvgIpc) is 2.34. The van der Waals surface area contributed by atoms with E-state index < -0.39 is 0 Å². The molecule has 1 aromatic carbocycles. The third-order valence-corrected chi connectivity index (χ3v) is 3.19. The quantitative estimate of drug-likeness (QED) is 0.571. The monoisotopic (exact) mass is 367 g/mol. The first-order valence-electron chi connectivity index (χ1n) is 5.28. The van der Waals surface area contributed by atoms with Crippen molar-refractivity contribution < 1.29 is 9.53 Å². The molecule has 0 bridgehead atoms. The number of alkyl halides is 1. The van der Waals surface area contributed by atoms with E-state index in [-0.39, 0.29) is 5.91 Å². The maximum absolute atomic E-state index is 12.2. The van der Waals surface area contributed by atoms with Crippen LogP contribution in [-0.2, 0) is 4.74 Å². The topological polar surface area (TPSA) is 29.5 Å². The van der Waals surface area contributed by atoms with Gasteiger partial charge < -0.3 is 9.64 Å². The van der Waals surface area contributed by atoms with Crippen molar-refractivity contribution in [2.45, 2.75) is 0 Å². The lowest BCUT2D eigenvalue weighted by molar-refractivity contribution is 0.0708. The highest BCUT2D eigenvalue weighted by Crippen LogP contribution is 2.09. The van der Waals surface area contributed by atoms with Crippen LogP contribution in [0.25, 0.3) is 0 Å². The van der Waals surface area contributed by atoms with Crippen LogP contribution < -0.4 is 0 Å². The summed E-state index contributed by atoms with van der Waals surface area (Å²) in [6.45, 7) is 1.62. The maximum atomic E-state index is 12.2. The molecule has 0 fully saturated rings. The molecular weight excluding hydrogens is 352 g/mol. The number of hydrogen-bond donors (Lipinski definition) is 0. The number of halogens is 2. The Morgan fingerprint density at radius 2 is 2.00 bits per heavy atom. The van der Waals surface area contributed by atoms with Crippen molar-refractivity contribution in [2.75, 3.05) is 32.7 Å². The summed E-state index contributed by atoms with van der Waals surface area (Å²) in [6, 6.07) is 7.50. The molecule has 0 unspecified atom stereocenters. The fraction of sp³-hybridized carbons (Fsp3) is 0.417. The highest BCUT2D eigenvalue weighted by atomic mass is 127. The lowest BCUT2D eigenvalue weighted by Gasteiger charge is -2.21. The van der Waals surface area contributed by atoms with Gasteiger partial charge in [-0.25, -0.2) is 0 Å². The molecule has 0 saturated carbocycles. The number of hydrogen-bond acceptors (Lipinski definition) is 2. The third kappa shape index (κ3) is 4.81. The van der Waals surface area contributed by atoms with E-state index in [1.807, 2.05) is 24.3 Å². The molecule has 0 atom stereocenters. The van der Waals surface area contributed by atoms with E-state index >= 15 is 0 Å². The highest BCUT2D eigenvalue weighted by molar-refractivity contribution is 14.1. The van der Waals surface area contributed by atoms with Gasteiger partial charge in [0.2, 0.25) is 0 Å². The molecule has 0 spiro atoms. The molecule has 17 heavy (non-hydrogen) atoms. The largest absolute Gasteiger partial charge is 0.383 e. The molecule has 0 heterocycles. The minimum absolute atomic E-state index is 0.000833. The zero-order chi connectivity index (χ0) is 12.7. The molecule has 0 aliphatic rings. The number of carbonyl (C=O) groups is 1. The van der Waals surface area contributed by atoms with E-state index in [1.165, 1.54) is 0 Å². The Hall–Kier alpha value is -0.330. The first-order chi connectivity index (χ1) is 8.19. The van der Waals surface area contributed by atoms with Crippen LogP contribution in [0.1, 0.15) is 10.4 Å². The van der Waals surface area contributed by atoms with Gasteiger partial charge in [0.25, 0.3) is 5.91 Å². The Labute approximate surface area is 120 Å². The lowest BCUT2D eigenvalue weighted by Crippen LogP contribution is -2.35. The molecule has 0 aliphatic heterocycles. The summed E-state index contributed by atoms with van der Waals surface area (Å²) >= 11 is 7.91. The molecule has 1 amide bonds. The van der Waals surface area contributed by atoms with Gasteiger partial charge in [-0.15, -0.1) is 11.6 Å². The molecule has 0 radical (unpaired) electrons. The van der Waals surface area contributed by atoms with E-state index in [0.29, 0.717) is 31.1 Å². The summed E-state index contributed by atoms with van der Waals surface area (Å²) < 4.78 is 6.10. The van der Waals surface area contributed by atoms with Gasteiger partial charge in [-0.3, -0.25) is 4.79 Å². The van der Waals surface area contributed by atoms with Crippen molar-refractivity contribution in [1.29, 1.82) is 0 Å². The van der Waals surface area contributed by atoms with E-state index in [2.05, 4.69) is 22.6 Å². The summed E-state index contributed by atoms with van der Waals surface area (Å²) in [7, 11) is 1.62. The van der Waals surface area contributed by atoms with Gasteiger partial charge >= 0.3 is 0 Å². The van der Waals surface area contributed by atoms with Gasteiger partial charge in [-0.1, -0.05) is 0 Å². The van der Waals surface area contributed by atoms with Crippen molar-refractivity contribution >= 4 is 40.1 Å². The number of rotatable bonds is 6. The Kier molecular flexibility index (Phi) is 6.84. The van der Waals surface area contributed by atoms with E-state index in [4.69, 9.17) is 16.3 Å². The van der Waals surface area contributed by atoms with Crippen molar-refractivity contribution in [1.82, 2.24) is 4.90 Å². The van der Waals surface area contributed by atoms with Crippen LogP contribution in [-0.4, -0.2) is 43.5 Å². The molecule has 3 nitrogen and oxygen atoms in total. The van der Waals surface area contributed by atoms with Gasteiger partial charge in [0.15, 0.2) is 0 Å². The predicted molar refractivity (Wildman–Crippen MR) is 77.7 cm³/mol. The molecule has 0 aromatic heterocycles. The molecule has 0 saturated heterocycles. The Bertz CT molecular complexity index is 356. The van der Waals surface area contributed by atoms with Crippen LogP contribution >= 0.6 is 34.2 Å². The summed E-state index contributed by atoms with van der Waals surface area (Å²) in [4.78, 5) is 13.9. The maximum Gasteiger partial charge on any atom is 0.253 e. The molecule has 94 valence electrons. The zero-order valence-electron chi connectivity index (χ0n) is 9.66. The van der Waals surface area contributed by atoms with Crippen LogP contribution in [0.5, 0.6) is 0 Å². The first-order valence-corrected chi connectivity index (χ1v) is 6.90. The van der Waals surface area contributed by atoms with Crippen molar-refractivity contribution in [2.24, 2.45) is 0 Å². The van der Waals surface area contributed by atoms with Crippen LogP contribution in [0.15, 0.2) is 24.3 Å². The Morgan fingerprint density at radius 1 is 1.35 bits per heavy atom. The summed E-state index contributed by atoms with van der Waals surface area (Å²) in [5, 5.41) is 0. The van der Waals surface area contributed by atoms with Crippen LogP contribution in [0.3, 0.4) is 0 Å². The third-order valence-electron chi connectivity index (χ3n) is 2.30. The molecule has 1 aromatic rings. The van der Waals surface area contributed by atoms with Crippen molar-refractivity contribution in [3.8, 4) is 0 Å². The molecule has 5 heteroatoms. The normalized spacial score (nSPS) is 10.3. The first kappa shape index (κ1) is 14.7.